The molecule has 0 spiro atoms. The summed E-state index contributed by atoms with van der Waals surface area (Å²) >= 11 is 1.66. The van der Waals surface area contributed by atoms with Gasteiger partial charge in [0.05, 0.1) is 17.2 Å². The first-order valence-corrected chi connectivity index (χ1v) is 5.64. The average Bonchev–Trinajstić information content (AvgIpc) is 2.60. The van der Waals surface area contributed by atoms with E-state index in [1.54, 1.807) is 11.3 Å². The third kappa shape index (κ3) is 2.90. The average molecular weight is 211 g/mol. The molecule has 0 saturated heterocycles. The van der Waals surface area contributed by atoms with Crippen LogP contribution in [0.3, 0.4) is 0 Å². The molecule has 1 heterocycles. The zero-order valence-corrected chi connectivity index (χ0v) is 9.31. The van der Waals surface area contributed by atoms with Crippen molar-refractivity contribution in [2.24, 2.45) is 5.84 Å². The summed E-state index contributed by atoms with van der Waals surface area (Å²) in [4.78, 5) is 5.46. The van der Waals surface area contributed by atoms with Crippen LogP contribution in [0.25, 0.3) is 0 Å². The zero-order valence-electron chi connectivity index (χ0n) is 8.49. The lowest BCUT2D eigenvalue weighted by molar-refractivity contribution is 0.505. The maximum atomic E-state index is 5.52. The van der Waals surface area contributed by atoms with E-state index in [1.165, 1.54) is 4.88 Å². The van der Waals surface area contributed by atoms with Crippen molar-refractivity contribution < 1.29 is 0 Å². The highest BCUT2D eigenvalue weighted by atomic mass is 32.1. The normalized spacial score (nSPS) is 12.7. The highest BCUT2D eigenvalue weighted by Gasteiger charge is 2.13. The number of hydrogen-bond acceptors (Lipinski definition) is 4. The van der Waals surface area contributed by atoms with Crippen LogP contribution in [0, 0.1) is 6.92 Å². The second kappa shape index (κ2) is 5.90. The maximum absolute atomic E-state index is 5.52. The molecule has 0 aliphatic heterocycles. The summed E-state index contributed by atoms with van der Waals surface area (Å²) in [6.07, 6.45) is 5.12. The van der Waals surface area contributed by atoms with E-state index in [4.69, 9.17) is 5.84 Å². The van der Waals surface area contributed by atoms with Crippen molar-refractivity contribution in [2.45, 2.75) is 32.2 Å². The monoisotopic (exact) mass is 211 g/mol. The Kier molecular flexibility index (Phi) is 4.79. The summed E-state index contributed by atoms with van der Waals surface area (Å²) < 4.78 is 0. The molecule has 1 aromatic heterocycles. The Balaban J connectivity index is 2.54. The summed E-state index contributed by atoms with van der Waals surface area (Å²) in [5.74, 6) is 5.52. The molecular weight excluding hydrogens is 194 g/mol. The first-order valence-electron chi connectivity index (χ1n) is 4.76. The quantitative estimate of drug-likeness (QED) is 0.328. The van der Waals surface area contributed by atoms with Crippen LogP contribution in [0.1, 0.15) is 35.9 Å². The van der Waals surface area contributed by atoms with Gasteiger partial charge in [0, 0.05) is 4.88 Å². The van der Waals surface area contributed by atoms with E-state index in [2.05, 4.69) is 17.0 Å². The number of nitrogens with one attached hydrogen (secondary N) is 1. The molecule has 1 aromatic rings. The summed E-state index contributed by atoms with van der Waals surface area (Å²) in [6, 6.07) is 0.238. The lowest BCUT2D eigenvalue weighted by Gasteiger charge is -2.13. The number of nitrogens with two attached hydrogens (primary N) is 1. The van der Waals surface area contributed by atoms with Gasteiger partial charge in [-0.05, 0) is 26.2 Å². The minimum absolute atomic E-state index is 0.238. The number of unbranched alkanes of at least 4 members (excludes halogenated alkanes) is 1. The van der Waals surface area contributed by atoms with Crippen molar-refractivity contribution in [2.75, 3.05) is 0 Å². The molecule has 14 heavy (non-hydrogen) atoms. The molecule has 0 fully saturated rings. The summed E-state index contributed by atoms with van der Waals surface area (Å²) in [5.41, 5.74) is 5.78. The molecule has 0 radical (unpaired) electrons. The Hall–Kier alpha value is -0.710. The van der Waals surface area contributed by atoms with Crippen molar-refractivity contribution in [3.05, 3.63) is 28.7 Å². The first-order chi connectivity index (χ1) is 6.79. The Morgan fingerprint density at radius 1 is 1.79 bits per heavy atom. The van der Waals surface area contributed by atoms with Gasteiger partial charge in [-0.3, -0.25) is 11.3 Å². The van der Waals surface area contributed by atoms with Crippen LogP contribution in [-0.4, -0.2) is 4.98 Å². The molecular formula is C10H17N3S. The predicted molar refractivity (Wildman–Crippen MR) is 61.0 cm³/mol. The number of aromatic nitrogens is 1. The van der Waals surface area contributed by atoms with Crippen LogP contribution in [0.2, 0.25) is 0 Å². The lowest BCUT2D eigenvalue weighted by atomic mass is 10.1. The SMILES string of the molecule is C=CCCCC(NN)c1scnc1C. The van der Waals surface area contributed by atoms with Gasteiger partial charge in [-0.15, -0.1) is 17.9 Å². The van der Waals surface area contributed by atoms with E-state index in [0.717, 1.165) is 25.0 Å². The molecule has 0 amide bonds. The van der Waals surface area contributed by atoms with E-state index >= 15 is 0 Å². The van der Waals surface area contributed by atoms with Gasteiger partial charge in [0.25, 0.3) is 0 Å². The lowest BCUT2D eigenvalue weighted by Crippen LogP contribution is -2.27. The molecule has 78 valence electrons. The fourth-order valence-corrected chi connectivity index (χ4v) is 2.30. The van der Waals surface area contributed by atoms with Gasteiger partial charge in [-0.1, -0.05) is 6.08 Å². The van der Waals surface area contributed by atoms with Crippen LogP contribution in [0.15, 0.2) is 18.2 Å². The largest absolute Gasteiger partial charge is 0.271 e. The predicted octanol–water partition coefficient (Wildman–Crippen LogP) is 2.31. The molecule has 0 aromatic carbocycles. The van der Waals surface area contributed by atoms with Gasteiger partial charge in [-0.25, -0.2) is 4.98 Å². The molecule has 1 atom stereocenters. The first kappa shape index (κ1) is 11.4. The maximum Gasteiger partial charge on any atom is 0.0798 e. The molecule has 1 rings (SSSR count). The van der Waals surface area contributed by atoms with Crippen molar-refractivity contribution in [1.29, 1.82) is 0 Å². The fraction of sp³-hybridized carbons (Fsp3) is 0.500. The van der Waals surface area contributed by atoms with E-state index < -0.39 is 0 Å². The minimum atomic E-state index is 0.238. The van der Waals surface area contributed by atoms with Gasteiger partial charge >= 0.3 is 0 Å². The molecule has 3 N–H and O–H groups in total. The number of hydrogen-bond donors (Lipinski definition) is 2. The summed E-state index contributed by atoms with van der Waals surface area (Å²) in [7, 11) is 0. The standard InChI is InChI=1S/C10H17N3S/c1-3-4-5-6-9(13-11)10-8(2)12-7-14-10/h3,7,9,13H,1,4-6,11H2,2H3. The number of allylic oxidation sites excluding steroid dienone is 1. The number of thiazole rings is 1. The fourth-order valence-electron chi connectivity index (χ4n) is 1.40. The van der Waals surface area contributed by atoms with Crippen molar-refractivity contribution >= 4 is 11.3 Å². The van der Waals surface area contributed by atoms with Crippen LogP contribution >= 0.6 is 11.3 Å². The molecule has 3 nitrogen and oxygen atoms in total. The van der Waals surface area contributed by atoms with Crippen LogP contribution in [0.4, 0.5) is 0 Å². The number of nitrogens with zero attached hydrogens (tertiary/aromatic N) is 1. The van der Waals surface area contributed by atoms with Crippen molar-refractivity contribution in [3.63, 3.8) is 0 Å². The third-order valence-corrected chi connectivity index (χ3v) is 3.25. The highest BCUT2D eigenvalue weighted by molar-refractivity contribution is 7.09. The Morgan fingerprint density at radius 2 is 2.57 bits per heavy atom. The Bertz CT molecular complexity index is 283. The zero-order chi connectivity index (χ0) is 10.4. The van der Waals surface area contributed by atoms with Gasteiger partial charge in [0.1, 0.15) is 0 Å². The van der Waals surface area contributed by atoms with Crippen LogP contribution < -0.4 is 11.3 Å². The molecule has 0 saturated carbocycles. The second-order valence-electron chi connectivity index (χ2n) is 3.24. The van der Waals surface area contributed by atoms with E-state index in [1.807, 2.05) is 18.5 Å². The third-order valence-electron chi connectivity index (χ3n) is 2.20. The van der Waals surface area contributed by atoms with E-state index in [0.29, 0.717) is 0 Å². The summed E-state index contributed by atoms with van der Waals surface area (Å²) in [5, 5.41) is 0. The molecule has 0 aliphatic rings. The highest BCUT2D eigenvalue weighted by Crippen LogP contribution is 2.25. The number of aryl methyl sites for hydroxylation is 1. The molecule has 0 bridgehead atoms. The number of rotatable bonds is 6. The van der Waals surface area contributed by atoms with Gasteiger partial charge in [0.15, 0.2) is 0 Å². The topological polar surface area (TPSA) is 50.9 Å². The Morgan fingerprint density at radius 3 is 3.07 bits per heavy atom. The molecule has 4 heteroatoms. The van der Waals surface area contributed by atoms with E-state index in [-0.39, 0.29) is 6.04 Å². The van der Waals surface area contributed by atoms with Crippen molar-refractivity contribution in [3.8, 4) is 0 Å². The van der Waals surface area contributed by atoms with Crippen molar-refractivity contribution in [1.82, 2.24) is 10.4 Å². The van der Waals surface area contributed by atoms with Gasteiger partial charge < -0.3 is 0 Å². The minimum Gasteiger partial charge on any atom is -0.271 e. The van der Waals surface area contributed by atoms with Crippen LogP contribution in [0.5, 0.6) is 0 Å². The molecule has 1 unspecified atom stereocenters. The summed E-state index contributed by atoms with van der Waals surface area (Å²) in [6.45, 7) is 5.72. The van der Waals surface area contributed by atoms with Gasteiger partial charge in [0.2, 0.25) is 0 Å². The second-order valence-corrected chi connectivity index (χ2v) is 4.13. The Labute approximate surface area is 89.0 Å². The van der Waals surface area contributed by atoms with Gasteiger partial charge in [-0.2, -0.15) is 0 Å². The molecule has 0 aliphatic carbocycles. The van der Waals surface area contributed by atoms with Crippen LogP contribution in [-0.2, 0) is 0 Å². The van der Waals surface area contributed by atoms with E-state index in [9.17, 15) is 0 Å². The number of hydrazine groups is 1. The smallest absolute Gasteiger partial charge is 0.0798 e.